The quantitative estimate of drug-likeness (QED) is 0.832. The molecule has 0 aliphatic carbocycles. The van der Waals surface area contributed by atoms with Gasteiger partial charge in [-0.05, 0) is 24.4 Å². The van der Waals surface area contributed by atoms with E-state index in [9.17, 15) is 4.79 Å². The topological polar surface area (TPSA) is 53.6 Å². The second-order valence-corrected chi connectivity index (χ2v) is 4.88. The minimum Gasteiger partial charge on any atom is -0.378 e. The molecule has 0 saturated carbocycles. The maximum Gasteiger partial charge on any atom is 0.225 e. The number of nitrogens with one attached hydrogen (secondary N) is 2. The molecule has 2 rings (SSSR count). The molecule has 5 nitrogen and oxygen atoms in total. The van der Waals surface area contributed by atoms with Crippen LogP contribution in [0.4, 0.5) is 11.4 Å². The molecule has 1 aromatic carbocycles. The van der Waals surface area contributed by atoms with Crippen molar-refractivity contribution in [3.05, 3.63) is 24.3 Å². The highest BCUT2D eigenvalue weighted by Gasteiger charge is 2.15. The van der Waals surface area contributed by atoms with Gasteiger partial charge in [0.15, 0.2) is 5.11 Å². The van der Waals surface area contributed by atoms with Crippen molar-refractivity contribution in [2.24, 2.45) is 0 Å². The number of carbonyl (C=O) groups is 1. The fraction of sp³-hybridized carbons (Fsp3) is 0.429. The summed E-state index contributed by atoms with van der Waals surface area (Å²) in [5.41, 5.74) is 1.97. The Morgan fingerprint density at radius 3 is 2.75 bits per heavy atom. The molecule has 1 heterocycles. The van der Waals surface area contributed by atoms with E-state index in [2.05, 4.69) is 15.5 Å². The normalized spacial score (nSPS) is 14.8. The zero-order valence-electron chi connectivity index (χ0n) is 11.5. The second-order valence-electron chi connectivity index (χ2n) is 4.47. The van der Waals surface area contributed by atoms with E-state index in [-0.39, 0.29) is 5.91 Å². The Balaban J connectivity index is 2.07. The van der Waals surface area contributed by atoms with E-state index in [1.165, 1.54) is 0 Å². The van der Waals surface area contributed by atoms with Crippen molar-refractivity contribution >= 4 is 34.6 Å². The van der Waals surface area contributed by atoms with Gasteiger partial charge in [0.25, 0.3) is 0 Å². The van der Waals surface area contributed by atoms with Crippen LogP contribution in [0.15, 0.2) is 24.3 Å². The van der Waals surface area contributed by atoms with Crippen LogP contribution in [-0.4, -0.2) is 37.3 Å². The smallest absolute Gasteiger partial charge is 0.225 e. The molecule has 6 heteroatoms. The molecule has 0 bridgehead atoms. The van der Waals surface area contributed by atoms with Crippen molar-refractivity contribution in [1.29, 1.82) is 0 Å². The molecular weight excluding hydrogens is 274 g/mol. The van der Waals surface area contributed by atoms with E-state index >= 15 is 0 Å². The van der Waals surface area contributed by atoms with E-state index in [0.29, 0.717) is 11.5 Å². The summed E-state index contributed by atoms with van der Waals surface area (Å²) in [6, 6.07) is 7.92. The predicted molar refractivity (Wildman–Crippen MR) is 84.1 cm³/mol. The van der Waals surface area contributed by atoms with Crippen LogP contribution >= 0.6 is 12.2 Å². The molecule has 0 unspecified atom stereocenters. The Hall–Kier alpha value is -1.66. The van der Waals surface area contributed by atoms with Crippen molar-refractivity contribution in [1.82, 2.24) is 5.32 Å². The van der Waals surface area contributed by atoms with Crippen molar-refractivity contribution in [2.45, 2.75) is 13.3 Å². The van der Waals surface area contributed by atoms with E-state index < -0.39 is 0 Å². The third-order valence-corrected chi connectivity index (χ3v) is 3.28. The molecule has 0 radical (unpaired) electrons. The average molecular weight is 293 g/mol. The maximum absolute atomic E-state index is 11.3. The minimum atomic E-state index is -0.0913. The molecule has 1 amide bonds. The number of rotatable bonds is 3. The largest absolute Gasteiger partial charge is 0.378 e. The van der Waals surface area contributed by atoms with Gasteiger partial charge in [0.2, 0.25) is 5.91 Å². The van der Waals surface area contributed by atoms with E-state index in [1.807, 2.05) is 24.3 Å². The number of anilines is 2. The molecule has 1 aromatic rings. The van der Waals surface area contributed by atoms with Crippen molar-refractivity contribution in [3.8, 4) is 0 Å². The van der Waals surface area contributed by atoms with Crippen molar-refractivity contribution in [3.63, 3.8) is 0 Å². The fourth-order valence-corrected chi connectivity index (χ4v) is 2.25. The zero-order chi connectivity index (χ0) is 14.4. The van der Waals surface area contributed by atoms with Crippen LogP contribution in [0.1, 0.15) is 13.3 Å². The van der Waals surface area contributed by atoms with Crippen LogP contribution in [-0.2, 0) is 9.53 Å². The Bertz CT molecular complexity index is 487. The summed E-state index contributed by atoms with van der Waals surface area (Å²) in [4.78, 5) is 13.6. The molecular formula is C14H19N3O2S. The van der Waals surface area contributed by atoms with Crippen LogP contribution in [0, 0.1) is 0 Å². The number of benzene rings is 1. The minimum absolute atomic E-state index is 0.0913. The fourth-order valence-electron chi connectivity index (χ4n) is 2.03. The monoisotopic (exact) mass is 293 g/mol. The summed E-state index contributed by atoms with van der Waals surface area (Å²) in [7, 11) is 0. The summed E-state index contributed by atoms with van der Waals surface area (Å²) < 4.78 is 5.36. The molecule has 108 valence electrons. The van der Waals surface area contributed by atoms with Gasteiger partial charge < -0.3 is 20.3 Å². The number of amides is 1. The lowest BCUT2D eigenvalue weighted by Crippen LogP contribution is -2.38. The molecule has 20 heavy (non-hydrogen) atoms. The number of nitrogens with zero attached hydrogens (tertiary/aromatic N) is 1. The first kappa shape index (κ1) is 14.7. The summed E-state index contributed by atoms with van der Waals surface area (Å²) in [6.45, 7) is 4.95. The molecule has 0 atom stereocenters. The van der Waals surface area contributed by atoms with Crippen molar-refractivity contribution < 1.29 is 9.53 Å². The van der Waals surface area contributed by atoms with Gasteiger partial charge in [-0.25, -0.2) is 0 Å². The number of hydrogen-bond donors (Lipinski definition) is 2. The lowest BCUT2D eigenvalue weighted by atomic mass is 10.2. The third kappa shape index (κ3) is 3.91. The second kappa shape index (κ2) is 7.21. The lowest BCUT2D eigenvalue weighted by Gasteiger charge is -2.30. The molecule has 0 spiro atoms. The van der Waals surface area contributed by atoms with Crippen LogP contribution in [0.2, 0.25) is 0 Å². The predicted octanol–water partition coefficient (Wildman–Crippen LogP) is 1.75. The summed E-state index contributed by atoms with van der Waals surface area (Å²) in [5, 5.41) is 6.07. The first-order chi connectivity index (χ1) is 9.70. The highest BCUT2D eigenvalue weighted by atomic mass is 32.1. The van der Waals surface area contributed by atoms with Crippen molar-refractivity contribution in [2.75, 3.05) is 36.5 Å². The molecule has 1 fully saturated rings. The SMILES string of the molecule is CCC(=O)NC(=S)Nc1ccccc1N1CCOCC1. The molecule has 2 N–H and O–H groups in total. The van der Waals surface area contributed by atoms with Crippen LogP contribution in [0.25, 0.3) is 0 Å². The highest BCUT2D eigenvalue weighted by Crippen LogP contribution is 2.26. The number of ether oxygens (including phenoxy) is 1. The molecule has 1 aliphatic rings. The van der Waals surface area contributed by atoms with Gasteiger partial charge in [-0.2, -0.15) is 0 Å². The standard InChI is InChI=1S/C14H19N3O2S/c1-2-13(18)16-14(20)15-11-5-3-4-6-12(11)17-7-9-19-10-8-17/h3-6H,2,7-10H2,1H3,(H2,15,16,18,20). The summed E-state index contributed by atoms with van der Waals surface area (Å²) >= 11 is 5.15. The number of hydrogen-bond acceptors (Lipinski definition) is 4. The average Bonchev–Trinajstić information content (AvgIpc) is 2.48. The maximum atomic E-state index is 11.3. The summed E-state index contributed by atoms with van der Waals surface area (Å²) in [6.07, 6.45) is 0.410. The van der Waals surface area contributed by atoms with Gasteiger partial charge in [0.05, 0.1) is 24.6 Å². The number of thiocarbonyl (C=S) groups is 1. The summed E-state index contributed by atoms with van der Waals surface area (Å²) in [5.74, 6) is -0.0913. The van der Waals surface area contributed by atoms with Gasteiger partial charge >= 0.3 is 0 Å². The van der Waals surface area contributed by atoms with Gasteiger partial charge in [0.1, 0.15) is 0 Å². The first-order valence-electron chi connectivity index (χ1n) is 6.73. The van der Waals surface area contributed by atoms with Gasteiger partial charge in [-0.3, -0.25) is 4.79 Å². The Labute approximate surface area is 124 Å². The first-order valence-corrected chi connectivity index (χ1v) is 7.14. The van der Waals surface area contributed by atoms with Crippen LogP contribution in [0.5, 0.6) is 0 Å². The number of morpholine rings is 1. The molecule has 0 aromatic heterocycles. The third-order valence-electron chi connectivity index (χ3n) is 3.08. The Morgan fingerprint density at radius 1 is 1.35 bits per heavy atom. The molecule has 1 aliphatic heterocycles. The zero-order valence-corrected chi connectivity index (χ0v) is 12.3. The number of para-hydroxylation sites is 2. The number of carbonyl (C=O) groups excluding carboxylic acids is 1. The Morgan fingerprint density at radius 2 is 2.05 bits per heavy atom. The van der Waals surface area contributed by atoms with Crippen LogP contribution < -0.4 is 15.5 Å². The van der Waals surface area contributed by atoms with Gasteiger partial charge in [0, 0.05) is 19.5 Å². The highest BCUT2D eigenvalue weighted by molar-refractivity contribution is 7.80. The van der Waals surface area contributed by atoms with E-state index in [4.69, 9.17) is 17.0 Å². The van der Waals surface area contributed by atoms with Crippen LogP contribution in [0.3, 0.4) is 0 Å². The van der Waals surface area contributed by atoms with E-state index in [1.54, 1.807) is 6.92 Å². The van der Waals surface area contributed by atoms with E-state index in [0.717, 1.165) is 37.7 Å². The Kier molecular flexibility index (Phi) is 5.31. The lowest BCUT2D eigenvalue weighted by molar-refractivity contribution is -0.119. The molecule has 1 saturated heterocycles. The van der Waals surface area contributed by atoms with Gasteiger partial charge in [-0.1, -0.05) is 19.1 Å². The van der Waals surface area contributed by atoms with Gasteiger partial charge in [-0.15, -0.1) is 0 Å².